The Labute approximate surface area is 98.4 Å². The standard InChI is InChI=1S/C11H14N4S/c1-2-9(1)13-5-11-14-10(7-16-11)6-15-4-3-12-8-15/h3-4,7-9,13H,1-2,5-6H2. The second kappa shape index (κ2) is 4.35. The lowest BCUT2D eigenvalue weighted by Crippen LogP contribution is -2.15. The van der Waals surface area contributed by atoms with Crippen LogP contribution in [-0.2, 0) is 13.1 Å². The van der Waals surface area contributed by atoms with Gasteiger partial charge in [0.2, 0.25) is 0 Å². The monoisotopic (exact) mass is 234 g/mol. The highest BCUT2D eigenvalue weighted by molar-refractivity contribution is 7.09. The highest BCUT2D eigenvalue weighted by Crippen LogP contribution is 2.20. The van der Waals surface area contributed by atoms with Gasteiger partial charge < -0.3 is 9.88 Å². The molecule has 0 aliphatic heterocycles. The van der Waals surface area contributed by atoms with E-state index < -0.39 is 0 Å². The molecule has 0 saturated heterocycles. The molecule has 1 aliphatic rings. The number of hydrogen-bond donors (Lipinski definition) is 1. The largest absolute Gasteiger partial charge is 0.331 e. The summed E-state index contributed by atoms with van der Waals surface area (Å²) < 4.78 is 2.03. The molecule has 4 nitrogen and oxygen atoms in total. The van der Waals surface area contributed by atoms with Crippen molar-refractivity contribution in [3.63, 3.8) is 0 Å². The molecule has 2 aromatic rings. The van der Waals surface area contributed by atoms with Crippen molar-refractivity contribution in [2.75, 3.05) is 0 Å². The first kappa shape index (κ1) is 9.99. The summed E-state index contributed by atoms with van der Waals surface area (Å²) >= 11 is 1.73. The van der Waals surface area contributed by atoms with Gasteiger partial charge in [-0.05, 0) is 12.8 Å². The van der Waals surface area contributed by atoms with Crippen LogP contribution in [0.5, 0.6) is 0 Å². The van der Waals surface area contributed by atoms with E-state index in [4.69, 9.17) is 0 Å². The topological polar surface area (TPSA) is 42.7 Å². The van der Waals surface area contributed by atoms with Gasteiger partial charge in [-0.1, -0.05) is 0 Å². The molecule has 0 aromatic carbocycles. The summed E-state index contributed by atoms with van der Waals surface area (Å²) in [6, 6.07) is 0.751. The molecular weight excluding hydrogens is 220 g/mol. The molecular formula is C11H14N4S. The molecule has 1 saturated carbocycles. The van der Waals surface area contributed by atoms with Gasteiger partial charge >= 0.3 is 0 Å². The van der Waals surface area contributed by atoms with E-state index in [1.54, 1.807) is 17.5 Å². The number of thiazole rings is 1. The molecule has 2 aromatic heterocycles. The molecule has 0 atom stereocenters. The van der Waals surface area contributed by atoms with E-state index in [0.717, 1.165) is 24.8 Å². The number of rotatable bonds is 5. The predicted octanol–water partition coefficient (Wildman–Crippen LogP) is 1.64. The van der Waals surface area contributed by atoms with Crippen LogP contribution in [0.25, 0.3) is 0 Å². The van der Waals surface area contributed by atoms with Gasteiger partial charge in [-0.15, -0.1) is 11.3 Å². The van der Waals surface area contributed by atoms with E-state index in [-0.39, 0.29) is 0 Å². The molecule has 0 radical (unpaired) electrons. The Morgan fingerprint density at radius 3 is 3.19 bits per heavy atom. The van der Waals surface area contributed by atoms with Gasteiger partial charge in [-0.3, -0.25) is 0 Å². The molecule has 1 N–H and O–H groups in total. The number of aromatic nitrogens is 3. The summed E-state index contributed by atoms with van der Waals surface area (Å²) in [6.07, 6.45) is 8.23. The molecule has 2 heterocycles. The van der Waals surface area contributed by atoms with Crippen LogP contribution in [0, 0.1) is 0 Å². The van der Waals surface area contributed by atoms with Gasteiger partial charge in [-0.2, -0.15) is 0 Å². The normalized spacial score (nSPS) is 15.5. The molecule has 0 unspecified atom stereocenters. The van der Waals surface area contributed by atoms with Gasteiger partial charge in [0.1, 0.15) is 5.01 Å². The molecule has 1 aliphatic carbocycles. The third-order valence-corrected chi connectivity index (χ3v) is 3.52. The van der Waals surface area contributed by atoms with Crippen LogP contribution >= 0.6 is 11.3 Å². The summed E-state index contributed by atoms with van der Waals surface area (Å²) in [5, 5.41) is 6.79. The van der Waals surface area contributed by atoms with Crippen LogP contribution in [0.4, 0.5) is 0 Å². The summed E-state index contributed by atoms with van der Waals surface area (Å²) in [5.74, 6) is 0. The maximum absolute atomic E-state index is 4.59. The van der Waals surface area contributed by atoms with Gasteiger partial charge in [0.05, 0.1) is 18.6 Å². The minimum atomic E-state index is 0.751. The van der Waals surface area contributed by atoms with E-state index in [1.165, 1.54) is 17.8 Å². The van der Waals surface area contributed by atoms with Crippen molar-refractivity contribution in [3.05, 3.63) is 34.8 Å². The fraction of sp³-hybridized carbons (Fsp3) is 0.455. The Morgan fingerprint density at radius 1 is 1.50 bits per heavy atom. The summed E-state index contributed by atoms with van der Waals surface area (Å²) in [7, 11) is 0. The number of nitrogens with one attached hydrogen (secondary N) is 1. The Hall–Kier alpha value is -1.20. The molecule has 3 rings (SSSR count). The molecule has 16 heavy (non-hydrogen) atoms. The lowest BCUT2D eigenvalue weighted by Gasteiger charge is -1.98. The highest BCUT2D eigenvalue weighted by Gasteiger charge is 2.20. The van der Waals surface area contributed by atoms with Crippen molar-refractivity contribution in [1.82, 2.24) is 19.9 Å². The average molecular weight is 234 g/mol. The second-order valence-electron chi connectivity index (χ2n) is 4.12. The van der Waals surface area contributed by atoms with Crippen LogP contribution in [0.3, 0.4) is 0 Å². The van der Waals surface area contributed by atoms with E-state index >= 15 is 0 Å². The van der Waals surface area contributed by atoms with Crippen LogP contribution in [0.1, 0.15) is 23.5 Å². The first-order chi connectivity index (χ1) is 7.90. The van der Waals surface area contributed by atoms with Crippen molar-refractivity contribution in [2.24, 2.45) is 0 Å². The Balaban J connectivity index is 1.58. The quantitative estimate of drug-likeness (QED) is 0.855. The number of imidazole rings is 1. The average Bonchev–Trinajstić information content (AvgIpc) is 2.78. The van der Waals surface area contributed by atoms with Gasteiger partial charge in [0.25, 0.3) is 0 Å². The van der Waals surface area contributed by atoms with E-state index in [2.05, 4.69) is 20.7 Å². The third kappa shape index (κ3) is 2.48. The zero-order chi connectivity index (χ0) is 10.8. The van der Waals surface area contributed by atoms with Crippen molar-refractivity contribution < 1.29 is 0 Å². The first-order valence-corrected chi connectivity index (χ1v) is 6.40. The molecule has 5 heteroatoms. The number of nitrogens with zero attached hydrogens (tertiary/aromatic N) is 3. The van der Waals surface area contributed by atoms with Crippen LogP contribution in [0.2, 0.25) is 0 Å². The lowest BCUT2D eigenvalue weighted by molar-refractivity contribution is 0.679. The maximum Gasteiger partial charge on any atom is 0.107 e. The maximum atomic E-state index is 4.59. The zero-order valence-electron chi connectivity index (χ0n) is 8.97. The summed E-state index contributed by atoms with van der Waals surface area (Å²) in [4.78, 5) is 8.61. The second-order valence-corrected chi connectivity index (χ2v) is 5.07. The van der Waals surface area contributed by atoms with Crippen LogP contribution < -0.4 is 5.32 Å². The molecule has 84 valence electrons. The molecule has 0 bridgehead atoms. The van der Waals surface area contributed by atoms with Gasteiger partial charge in [-0.25, -0.2) is 9.97 Å². The SMILES string of the molecule is c1cn(Cc2csc(CNC3CC3)n2)cn1. The Kier molecular flexibility index (Phi) is 2.71. The van der Waals surface area contributed by atoms with Gasteiger partial charge in [0, 0.05) is 30.4 Å². The Morgan fingerprint density at radius 2 is 2.44 bits per heavy atom. The fourth-order valence-electron chi connectivity index (χ4n) is 1.59. The Bertz CT molecular complexity index is 444. The predicted molar refractivity (Wildman–Crippen MR) is 63.3 cm³/mol. The zero-order valence-corrected chi connectivity index (χ0v) is 9.78. The number of hydrogen-bond acceptors (Lipinski definition) is 4. The minimum absolute atomic E-state index is 0.751. The van der Waals surface area contributed by atoms with Crippen molar-refractivity contribution in [3.8, 4) is 0 Å². The molecule has 1 fully saturated rings. The minimum Gasteiger partial charge on any atom is -0.331 e. The van der Waals surface area contributed by atoms with Crippen molar-refractivity contribution in [1.29, 1.82) is 0 Å². The summed E-state index contributed by atoms with van der Waals surface area (Å²) in [5.41, 5.74) is 1.12. The highest BCUT2D eigenvalue weighted by atomic mass is 32.1. The smallest absolute Gasteiger partial charge is 0.107 e. The van der Waals surface area contributed by atoms with Crippen molar-refractivity contribution >= 4 is 11.3 Å². The van der Waals surface area contributed by atoms with Gasteiger partial charge in [0.15, 0.2) is 0 Å². The molecule has 0 spiro atoms. The van der Waals surface area contributed by atoms with E-state index in [1.807, 2.05) is 17.1 Å². The molecule has 0 amide bonds. The van der Waals surface area contributed by atoms with Crippen LogP contribution in [0.15, 0.2) is 24.1 Å². The summed E-state index contributed by atoms with van der Waals surface area (Å²) in [6.45, 7) is 1.74. The lowest BCUT2D eigenvalue weighted by atomic mass is 10.5. The van der Waals surface area contributed by atoms with Crippen LogP contribution in [-0.4, -0.2) is 20.6 Å². The first-order valence-electron chi connectivity index (χ1n) is 5.52. The van der Waals surface area contributed by atoms with E-state index in [0.29, 0.717) is 0 Å². The van der Waals surface area contributed by atoms with E-state index in [9.17, 15) is 0 Å². The fourth-order valence-corrected chi connectivity index (χ4v) is 2.33. The third-order valence-electron chi connectivity index (χ3n) is 2.62. The van der Waals surface area contributed by atoms with Crippen molar-refractivity contribution in [2.45, 2.75) is 32.0 Å².